The van der Waals surface area contributed by atoms with Crippen LogP contribution in [0.2, 0.25) is 0 Å². The molecule has 0 spiro atoms. The van der Waals surface area contributed by atoms with E-state index >= 15 is 0 Å². The number of hydrogen-bond acceptors (Lipinski definition) is 2. The average molecular weight is 189 g/mol. The van der Waals surface area contributed by atoms with Gasteiger partial charge in [-0.05, 0) is 11.6 Å². The Morgan fingerprint density at radius 3 is 2.79 bits per heavy atom. The Balaban J connectivity index is 2.96. The molecule has 0 unspecified atom stereocenters. The maximum Gasteiger partial charge on any atom is 0.307 e. The first-order valence-electron chi connectivity index (χ1n) is 4.22. The lowest BCUT2D eigenvalue weighted by atomic mass is 10.1. The molecule has 0 radical (unpaired) electrons. The van der Waals surface area contributed by atoms with Crippen LogP contribution >= 0.6 is 0 Å². The predicted octanol–water partition coefficient (Wildman–Crippen LogP) is 0.624. The van der Waals surface area contributed by atoms with Crippen LogP contribution in [0, 0.1) is 11.8 Å². The molecule has 3 heteroatoms. The van der Waals surface area contributed by atoms with Gasteiger partial charge in [0.05, 0.1) is 13.0 Å². The summed E-state index contributed by atoms with van der Waals surface area (Å²) in [7, 11) is 0. The highest BCUT2D eigenvalue weighted by Crippen LogP contribution is 2.07. The molecule has 0 aliphatic heterocycles. The third-order valence-corrected chi connectivity index (χ3v) is 1.68. The van der Waals surface area contributed by atoms with E-state index in [0.29, 0.717) is 0 Å². The molecule has 0 atom stereocenters. The highest BCUT2D eigenvalue weighted by molar-refractivity contribution is 5.71. The lowest BCUT2D eigenvalue weighted by Crippen LogP contribution is -2.02. The molecule has 0 amide bonds. The first-order chi connectivity index (χ1) is 6.74. The van der Waals surface area contributed by atoms with Crippen molar-refractivity contribution < 1.29 is 9.90 Å². The van der Waals surface area contributed by atoms with Crippen LogP contribution in [0.4, 0.5) is 0 Å². The van der Waals surface area contributed by atoms with Crippen molar-refractivity contribution in [3.63, 3.8) is 0 Å². The van der Waals surface area contributed by atoms with E-state index < -0.39 is 5.97 Å². The fourth-order valence-electron chi connectivity index (χ4n) is 1.11. The molecule has 1 aromatic rings. The van der Waals surface area contributed by atoms with Crippen LogP contribution in [-0.4, -0.2) is 17.6 Å². The molecule has 0 bridgehead atoms. The summed E-state index contributed by atoms with van der Waals surface area (Å²) in [6.45, 7) is 0.279. The van der Waals surface area contributed by atoms with Crippen molar-refractivity contribution in [1.82, 2.24) is 0 Å². The summed E-state index contributed by atoms with van der Waals surface area (Å²) in [5, 5.41) is 8.64. The van der Waals surface area contributed by atoms with E-state index in [1.54, 1.807) is 18.2 Å². The summed E-state index contributed by atoms with van der Waals surface area (Å²) in [5.74, 6) is 4.69. The van der Waals surface area contributed by atoms with Gasteiger partial charge in [-0.15, -0.1) is 0 Å². The normalized spacial score (nSPS) is 8.93. The molecule has 0 heterocycles. The molecule has 3 N–H and O–H groups in total. The van der Waals surface area contributed by atoms with Crippen molar-refractivity contribution in [2.75, 3.05) is 6.54 Å². The van der Waals surface area contributed by atoms with Crippen molar-refractivity contribution in [1.29, 1.82) is 0 Å². The van der Waals surface area contributed by atoms with Gasteiger partial charge in [0, 0.05) is 5.56 Å². The van der Waals surface area contributed by atoms with Gasteiger partial charge in [-0.3, -0.25) is 4.79 Å². The molecular weight excluding hydrogens is 178 g/mol. The van der Waals surface area contributed by atoms with Gasteiger partial charge in [-0.2, -0.15) is 0 Å². The number of carbonyl (C=O) groups is 1. The largest absolute Gasteiger partial charge is 0.481 e. The third kappa shape index (κ3) is 2.92. The second-order valence-corrected chi connectivity index (χ2v) is 2.73. The quantitative estimate of drug-likeness (QED) is 0.670. The van der Waals surface area contributed by atoms with E-state index in [-0.39, 0.29) is 13.0 Å². The Morgan fingerprint density at radius 1 is 1.43 bits per heavy atom. The van der Waals surface area contributed by atoms with Crippen LogP contribution in [0.3, 0.4) is 0 Å². The Hall–Kier alpha value is -1.79. The predicted molar refractivity (Wildman–Crippen MR) is 53.7 cm³/mol. The highest BCUT2D eigenvalue weighted by Gasteiger charge is 2.03. The summed E-state index contributed by atoms with van der Waals surface area (Å²) < 4.78 is 0. The van der Waals surface area contributed by atoms with E-state index in [9.17, 15) is 4.79 Å². The Kier molecular flexibility index (Phi) is 3.71. The Bertz CT molecular complexity index is 388. The van der Waals surface area contributed by atoms with Crippen LogP contribution in [0.1, 0.15) is 11.1 Å². The van der Waals surface area contributed by atoms with Gasteiger partial charge in [-0.25, -0.2) is 0 Å². The number of carboxylic acid groups (broad SMARTS) is 1. The lowest BCUT2D eigenvalue weighted by Gasteiger charge is -1.99. The van der Waals surface area contributed by atoms with E-state index in [2.05, 4.69) is 11.8 Å². The van der Waals surface area contributed by atoms with E-state index in [1.807, 2.05) is 6.07 Å². The van der Waals surface area contributed by atoms with Crippen LogP contribution in [0.15, 0.2) is 24.3 Å². The monoisotopic (exact) mass is 189 g/mol. The molecule has 1 rings (SSSR count). The van der Waals surface area contributed by atoms with E-state index in [4.69, 9.17) is 10.8 Å². The van der Waals surface area contributed by atoms with Crippen LogP contribution in [0.25, 0.3) is 0 Å². The van der Waals surface area contributed by atoms with Gasteiger partial charge in [0.2, 0.25) is 0 Å². The van der Waals surface area contributed by atoms with Crippen molar-refractivity contribution in [3.05, 3.63) is 35.4 Å². The van der Waals surface area contributed by atoms with Gasteiger partial charge in [0.1, 0.15) is 0 Å². The molecule has 72 valence electrons. The summed E-state index contributed by atoms with van der Waals surface area (Å²) in [5.41, 5.74) is 6.70. The standard InChI is InChI=1S/C11H11NO2/c12-7-3-6-9-4-1-2-5-10(9)8-11(13)14/h1-2,4-5H,7-8,12H2,(H,13,14). The zero-order chi connectivity index (χ0) is 10.4. The first kappa shape index (κ1) is 10.3. The number of carboxylic acids is 1. The summed E-state index contributed by atoms with van der Waals surface area (Å²) in [6.07, 6.45) is -0.00454. The van der Waals surface area contributed by atoms with Gasteiger partial charge < -0.3 is 10.8 Å². The molecule has 0 aromatic heterocycles. The fourth-order valence-corrected chi connectivity index (χ4v) is 1.11. The van der Waals surface area contributed by atoms with E-state index in [0.717, 1.165) is 11.1 Å². The number of aliphatic carboxylic acids is 1. The zero-order valence-corrected chi connectivity index (χ0v) is 7.66. The van der Waals surface area contributed by atoms with Crippen molar-refractivity contribution in [3.8, 4) is 11.8 Å². The molecule has 3 nitrogen and oxygen atoms in total. The first-order valence-corrected chi connectivity index (χ1v) is 4.22. The molecule has 1 aromatic carbocycles. The maximum absolute atomic E-state index is 10.5. The molecular formula is C11H11NO2. The van der Waals surface area contributed by atoms with Gasteiger partial charge in [0.15, 0.2) is 0 Å². The number of rotatable bonds is 2. The minimum atomic E-state index is -0.855. The molecule has 0 saturated carbocycles. The van der Waals surface area contributed by atoms with Gasteiger partial charge >= 0.3 is 5.97 Å². The van der Waals surface area contributed by atoms with Crippen LogP contribution in [-0.2, 0) is 11.2 Å². The Morgan fingerprint density at radius 2 is 2.14 bits per heavy atom. The molecule has 0 aliphatic carbocycles. The van der Waals surface area contributed by atoms with Crippen molar-refractivity contribution in [2.45, 2.75) is 6.42 Å². The second-order valence-electron chi connectivity index (χ2n) is 2.73. The zero-order valence-electron chi connectivity index (χ0n) is 7.66. The van der Waals surface area contributed by atoms with Gasteiger partial charge in [-0.1, -0.05) is 30.0 Å². The van der Waals surface area contributed by atoms with Crippen molar-refractivity contribution >= 4 is 5.97 Å². The minimum absolute atomic E-state index is 0.00454. The molecule has 0 aliphatic rings. The summed E-state index contributed by atoms with van der Waals surface area (Å²) in [6, 6.07) is 7.17. The topological polar surface area (TPSA) is 63.3 Å². The van der Waals surface area contributed by atoms with Gasteiger partial charge in [0.25, 0.3) is 0 Å². The third-order valence-electron chi connectivity index (χ3n) is 1.68. The second kappa shape index (κ2) is 5.05. The number of hydrogen-bond donors (Lipinski definition) is 2. The number of nitrogens with two attached hydrogens (primary N) is 1. The highest BCUT2D eigenvalue weighted by atomic mass is 16.4. The van der Waals surface area contributed by atoms with Crippen LogP contribution in [0.5, 0.6) is 0 Å². The van der Waals surface area contributed by atoms with Crippen LogP contribution < -0.4 is 5.73 Å². The number of benzene rings is 1. The lowest BCUT2D eigenvalue weighted by molar-refractivity contribution is -0.136. The summed E-state index contributed by atoms with van der Waals surface area (Å²) in [4.78, 5) is 10.5. The average Bonchev–Trinajstić information content (AvgIpc) is 2.16. The Labute approximate surface area is 82.6 Å². The smallest absolute Gasteiger partial charge is 0.307 e. The molecule has 14 heavy (non-hydrogen) atoms. The molecule has 0 saturated heterocycles. The van der Waals surface area contributed by atoms with E-state index in [1.165, 1.54) is 0 Å². The summed E-state index contributed by atoms with van der Waals surface area (Å²) >= 11 is 0. The fraction of sp³-hybridized carbons (Fsp3) is 0.182. The van der Waals surface area contributed by atoms with Crippen molar-refractivity contribution in [2.24, 2.45) is 5.73 Å². The molecule has 0 fully saturated rings. The SMILES string of the molecule is NCC#Cc1ccccc1CC(=O)O. The minimum Gasteiger partial charge on any atom is -0.481 e. The maximum atomic E-state index is 10.5.